The molecule has 1 aliphatic heterocycles. The van der Waals surface area contributed by atoms with Crippen LogP contribution >= 0.6 is 0 Å². The lowest BCUT2D eigenvalue weighted by molar-refractivity contribution is 0.171. The SMILES string of the molecule is c1nc(CNCc2ccc3c(c2)OCCO3)no1. The Morgan fingerprint density at radius 2 is 2.00 bits per heavy atom. The predicted molar refractivity (Wildman–Crippen MR) is 62.3 cm³/mol. The first-order valence-electron chi connectivity index (χ1n) is 5.76. The molecule has 1 aliphatic rings. The van der Waals surface area contributed by atoms with Crippen LogP contribution in [0.2, 0.25) is 0 Å². The van der Waals surface area contributed by atoms with E-state index in [0.29, 0.717) is 32.1 Å². The van der Waals surface area contributed by atoms with Crippen molar-refractivity contribution in [1.29, 1.82) is 0 Å². The Kier molecular flexibility index (Phi) is 3.10. The summed E-state index contributed by atoms with van der Waals surface area (Å²) in [5.74, 6) is 2.26. The summed E-state index contributed by atoms with van der Waals surface area (Å²) in [6.07, 6.45) is 1.32. The maximum atomic E-state index is 5.52. The van der Waals surface area contributed by atoms with E-state index in [1.54, 1.807) is 0 Å². The number of hydrogen-bond donors (Lipinski definition) is 1. The van der Waals surface area contributed by atoms with Crippen molar-refractivity contribution in [3.63, 3.8) is 0 Å². The smallest absolute Gasteiger partial charge is 0.213 e. The van der Waals surface area contributed by atoms with E-state index in [-0.39, 0.29) is 0 Å². The second kappa shape index (κ2) is 5.05. The molecule has 0 atom stereocenters. The summed E-state index contributed by atoms with van der Waals surface area (Å²) in [7, 11) is 0. The lowest BCUT2D eigenvalue weighted by atomic mass is 10.2. The molecule has 0 saturated heterocycles. The first-order valence-corrected chi connectivity index (χ1v) is 5.76. The van der Waals surface area contributed by atoms with E-state index in [9.17, 15) is 0 Å². The molecule has 1 aromatic heterocycles. The van der Waals surface area contributed by atoms with Crippen LogP contribution in [-0.4, -0.2) is 23.4 Å². The summed E-state index contributed by atoms with van der Waals surface area (Å²) in [6.45, 7) is 2.51. The van der Waals surface area contributed by atoms with Crippen LogP contribution in [0.25, 0.3) is 0 Å². The van der Waals surface area contributed by atoms with E-state index in [0.717, 1.165) is 17.1 Å². The minimum Gasteiger partial charge on any atom is -0.486 e. The van der Waals surface area contributed by atoms with Crippen molar-refractivity contribution < 1.29 is 14.0 Å². The van der Waals surface area contributed by atoms with Gasteiger partial charge in [-0.05, 0) is 17.7 Å². The van der Waals surface area contributed by atoms with Gasteiger partial charge in [-0.2, -0.15) is 4.98 Å². The topological polar surface area (TPSA) is 69.4 Å². The molecule has 1 aromatic carbocycles. The number of rotatable bonds is 4. The maximum absolute atomic E-state index is 5.52. The molecule has 0 aliphatic carbocycles. The zero-order valence-electron chi connectivity index (χ0n) is 9.76. The first kappa shape index (κ1) is 11.0. The fraction of sp³-hybridized carbons (Fsp3) is 0.333. The Bertz CT molecular complexity index is 513. The highest BCUT2D eigenvalue weighted by Gasteiger charge is 2.11. The second-order valence-electron chi connectivity index (χ2n) is 3.93. The molecule has 94 valence electrons. The molecule has 0 spiro atoms. The quantitative estimate of drug-likeness (QED) is 0.873. The average molecular weight is 247 g/mol. The Morgan fingerprint density at radius 3 is 2.83 bits per heavy atom. The van der Waals surface area contributed by atoms with Crippen LogP contribution < -0.4 is 14.8 Å². The van der Waals surface area contributed by atoms with Crippen LogP contribution in [0.3, 0.4) is 0 Å². The number of hydrogen-bond acceptors (Lipinski definition) is 6. The minimum atomic E-state index is 0.574. The van der Waals surface area contributed by atoms with Gasteiger partial charge in [-0.25, -0.2) is 0 Å². The van der Waals surface area contributed by atoms with Crippen molar-refractivity contribution in [2.24, 2.45) is 0 Å². The second-order valence-corrected chi connectivity index (χ2v) is 3.93. The van der Waals surface area contributed by atoms with Gasteiger partial charge in [-0.15, -0.1) is 0 Å². The van der Waals surface area contributed by atoms with Gasteiger partial charge in [0.25, 0.3) is 0 Å². The predicted octanol–water partition coefficient (Wildman–Crippen LogP) is 1.13. The summed E-state index contributed by atoms with van der Waals surface area (Å²) >= 11 is 0. The molecule has 2 heterocycles. The molecular weight excluding hydrogens is 234 g/mol. The molecule has 0 amide bonds. The van der Waals surface area contributed by atoms with E-state index in [4.69, 9.17) is 9.47 Å². The van der Waals surface area contributed by atoms with E-state index < -0.39 is 0 Å². The van der Waals surface area contributed by atoms with Crippen LogP contribution in [0, 0.1) is 0 Å². The zero-order valence-corrected chi connectivity index (χ0v) is 9.76. The number of nitrogens with zero attached hydrogens (tertiary/aromatic N) is 2. The normalized spacial score (nSPS) is 13.6. The Hall–Kier alpha value is -2.08. The van der Waals surface area contributed by atoms with Crippen LogP contribution in [0.1, 0.15) is 11.4 Å². The highest BCUT2D eigenvalue weighted by molar-refractivity contribution is 5.43. The van der Waals surface area contributed by atoms with Gasteiger partial charge in [-0.3, -0.25) is 0 Å². The van der Waals surface area contributed by atoms with Crippen molar-refractivity contribution >= 4 is 0 Å². The molecular formula is C12H13N3O3. The third kappa shape index (κ3) is 2.43. The van der Waals surface area contributed by atoms with Gasteiger partial charge in [0.05, 0.1) is 6.54 Å². The van der Waals surface area contributed by atoms with E-state index >= 15 is 0 Å². The van der Waals surface area contributed by atoms with E-state index in [1.807, 2.05) is 18.2 Å². The highest BCUT2D eigenvalue weighted by Crippen LogP contribution is 2.30. The standard InChI is InChI=1S/C12H13N3O3/c1-2-10-11(17-4-3-16-10)5-9(1)6-13-7-12-14-8-18-15-12/h1-2,5,8,13H,3-4,6-7H2. The van der Waals surface area contributed by atoms with Crippen LogP contribution in [0.4, 0.5) is 0 Å². The van der Waals surface area contributed by atoms with Crippen molar-refractivity contribution in [3.8, 4) is 11.5 Å². The molecule has 6 nitrogen and oxygen atoms in total. The van der Waals surface area contributed by atoms with Gasteiger partial charge in [0.2, 0.25) is 6.39 Å². The van der Waals surface area contributed by atoms with Crippen molar-refractivity contribution in [2.75, 3.05) is 13.2 Å². The minimum absolute atomic E-state index is 0.574. The molecule has 0 unspecified atom stereocenters. The summed E-state index contributed by atoms with van der Waals surface area (Å²) in [6, 6.07) is 5.92. The molecule has 6 heteroatoms. The molecule has 0 radical (unpaired) electrons. The number of nitrogens with one attached hydrogen (secondary N) is 1. The first-order chi connectivity index (χ1) is 8.92. The molecule has 1 N–H and O–H groups in total. The van der Waals surface area contributed by atoms with Crippen LogP contribution in [0.15, 0.2) is 29.1 Å². The summed E-state index contributed by atoms with van der Waals surface area (Å²) in [5.41, 5.74) is 1.13. The van der Waals surface area contributed by atoms with Crippen molar-refractivity contribution in [3.05, 3.63) is 36.0 Å². The van der Waals surface area contributed by atoms with Gasteiger partial charge in [0.1, 0.15) is 13.2 Å². The number of aromatic nitrogens is 2. The Labute approximate surface area is 104 Å². The van der Waals surface area contributed by atoms with Gasteiger partial charge in [0.15, 0.2) is 17.3 Å². The molecule has 18 heavy (non-hydrogen) atoms. The Morgan fingerprint density at radius 1 is 1.11 bits per heavy atom. The Balaban J connectivity index is 1.59. The number of benzene rings is 1. The highest BCUT2D eigenvalue weighted by atomic mass is 16.6. The number of fused-ring (bicyclic) bond motifs is 1. The van der Waals surface area contributed by atoms with Crippen molar-refractivity contribution in [1.82, 2.24) is 15.5 Å². The lowest BCUT2D eigenvalue weighted by Crippen LogP contribution is -2.17. The largest absolute Gasteiger partial charge is 0.486 e. The zero-order chi connectivity index (χ0) is 12.2. The molecule has 0 bridgehead atoms. The monoisotopic (exact) mass is 247 g/mol. The van der Waals surface area contributed by atoms with E-state index in [2.05, 4.69) is 20.0 Å². The van der Waals surface area contributed by atoms with Gasteiger partial charge < -0.3 is 19.3 Å². The van der Waals surface area contributed by atoms with Gasteiger partial charge in [0, 0.05) is 6.54 Å². The molecule has 3 rings (SSSR count). The maximum Gasteiger partial charge on any atom is 0.213 e. The summed E-state index contributed by atoms with van der Waals surface area (Å²) in [4.78, 5) is 3.93. The third-order valence-corrected chi connectivity index (χ3v) is 2.63. The van der Waals surface area contributed by atoms with E-state index in [1.165, 1.54) is 6.39 Å². The van der Waals surface area contributed by atoms with Crippen LogP contribution in [-0.2, 0) is 13.1 Å². The molecule has 0 saturated carbocycles. The van der Waals surface area contributed by atoms with Gasteiger partial charge >= 0.3 is 0 Å². The molecule has 2 aromatic rings. The fourth-order valence-electron chi connectivity index (χ4n) is 1.79. The summed E-state index contributed by atoms with van der Waals surface area (Å²) < 4.78 is 15.6. The van der Waals surface area contributed by atoms with Crippen molar-refractivity contribution in [2.45, 2.75) is 13.1 Å². The lowest BCUT2D eigenvalue weighted by Gasteiger charge is -2.18. The van der Waals surface area contributed by atoms with Gasteiger partial charge in [-0.1, -0.05) is 11.2 Å². The summed E-state index contributed by atoms with van der Waals surface area (Å²) in [5, 5.41) is 6.95. The van der Waals surface area contributed by atoms with Crippen LogP contribution in [0.5, 0.6) is 11.5 Å². The average Bonchev–Trinajstić information content (AvgIpc) is 2.92. The fourth-order valence-corrected chi connectivity index (χ4v) is 1.79. The molecule has 0 fully saturated rings. The number of ether oxygens (including phenoxy) is 2. The third-order valence-electron chi connectivity index (χ3n) is 2.63.